The van der Waals surface area contributed by atoms with Crippen LogP contribution in [-0.4, -0.2) is 54.3 Å². The fraction of sp³-hybridized carbons (Fsp3) is 0.583. The van der Waals surface area contributed by atoms with Gasteiger partial charge in [0.15, 0.2) is 5.82 Å². The van der Waals surface area contributed by atoms with Crippen molar-refractivity contribution < 1.29 is 0 Å². The minimum Gasteiger partial charge on any atom is -0.352 e. The number of hydrogen-bond donors (Lipinski definition) is 0. The van der Waals surface area contributed by atoms with Crippen LogP contribution in [0.4, 0.5) is 11.5 Å². The lowest BCUT2D eigenvalue weighted by molar-refractivity contribution is 0.312. The molecule has 2 heterocycles. The fourth-order valence-electron chi connectivity index (χ4n) is 1.98. The maximum atomic E-state index is 4.40. The zero-order valence-corrected chi connectivity index (χ0v) is 10.7. The van der Waals surface area contributed by atoms with E-state index >= 15 is 0 Å². The van der Waals surface area contributed by atoms with Crippen molar-refractivity contribution in [3.05, 3.63) is 12.0 Å². The molecule has 1 aromatic rings. The summed E-state index contributed by atoms with van der Waals surface area (Å²) in [5, 5.41) is 0. The number of aryl methyl sites for hydroxylation is 1. The molecule has 0 N–H and O–H groups in total. The Hall–Kier alpha value is -1.49. The van der Waals surface area contributed by atoms with Gasteiger partial charge in [-0.15, -0.1) is 0 Å². The second kappa shape index (κ2) is 5.23. The molecule has 5 heteroatoms. The summed E-state index contributed by atoms with van der Waals surface area (Å²) in [6, 6.07) is 0. The lowest BCUT2D eigenvalue weighted by atomic mass is 10.3. The Labute approximate surface area is 102 Å². The zero-order valence-electron chi connectivity index (χ0n) is 10.7. The van der Waals surface area contributed by atoms with Gasteiger partial charge in [-0.3, -0.25) is 4.99 Å². The van der Waals surface area contributed by atoms with Gasteiger partial charge in [-0.25, -0.2) is 9.97 Å². The first-order chi connectivity index (χ1) is 8.22. The third kappa shape index (κ3) is 2.61. The highest BCUT2D eigenvalue weighted by Crippen LogP contribution is 2.28. The molecule has 0 aliphatic carbocycles. The summed E-state index contributed by atoms with van der Waals surface area (Å²) in [6.07, 6.45) is 3.42. The van der Waals surface area contributed by atoms with E-state index in [0.717, 1.165) is 43.4 Å². The van der Waals surface area contributed by atoms with Gasteiger partial charge in [0.1, 0.15) is 12.0 Å². The summed E-state index contributed by atoms with van der Waals surface area (Å²) in [6.45, 7) is 8.03. The van der Waals surface area contributed by atoms with E-state index in [1.807, 2.05) is 13.8 Å². The summed E-state index contributed by atoms with van der Waals surface area (Å²) >= 11 is 0. The Morgan fingerprint density at radius 2 is 1.94 bits per heavy atom. The molecule has 2 rings (SSSR count). The molecule has 0 spiro atoms. The molecule has 1 fully saturated rings. The number of aromatic nitrogens is 2. The van der Waals surface area contributed by atoms with E-state index < -0.39 is 0 Å². The molecule has 0 bridgehead atoms. The van der Waals surface area contributed by atoms with E-state index in [-0.39, 0.29) is 0 Å². The van der Waals surface area contributed by atoms with Crippen molar-refractivity contribution in [3.63, 3.8) is 0 Å². The van der Waals surface area contributed by atoms with Gasteiger partial charge in [0.05, 0.1) is 5.69 Å². The molecule has 1 saturated heterocycles. The smallest absolute Gasteiger partial charge is 0.158 e. The van der Waals surface area contributed by atoms with Crippen LogP contribution in [0.2, 0.25) is 0 Å². The Bertz CT molecular complexity index is 407. The Kier molecular flexibility index (Phi) is 3.68. The largest absolute Gasteiger partial charge is 0.352 e. The third-order valence-electron chi connectivity index (χ3n) is 3.05. The highest BCUT2D eigenvalue weighted by Gasteiger charge is 2.19. The first-order valence-electron chi connectivity index (χ1n) is 5.96. The van der Waals surface area contributed by atoms with Gasteiger partial charge in [0.2, 0.25) is 0 Å². The van der Waals surface area contributed by atoms with Gasteiger partial charge in [-0.05, 0) is 20.9 Å². The van der Waals surface area contributed by atoms with E-state index in [1.54, 1.807) is 12.5 Å². The maximum Gasteiger partial charge on any atom is 0.158 e. The van der Waals surface area contributed by atoms with Crippen LogP contribution in [0.1, 0.15) is 12.6 Å². The van der Waals surface area contributed by atoms with Crippen molar-refractivity contribution in [2.75, 3.05) is 38.1 Å². The van der Waals surface area contributed by atoms with Gasteiger partial charge in [0.25, 0.3) is 0 Å². The van der Waals surface area contributed by atoms with Gasteiger partial charge in [-0.1, -0.05) is 0 Å². The van der Waals surface area contributed by atoms with Gasteiger partial charge in [-0.2, -0.15) is 0 Å². The molecule has 0 amide bonds. The van der Waals surface area contributed by atoms with Gasteiger partial charge < -0.3 is 9.80 Å². The van der Waals surface area contributed by atoms with Crippen molar-refractivity contribution in [1.29, 1.82) is 0 Å². The van der Waals surface area contributed by atoms with Crippen molar-refractivity contribution in [2.45, 2.75) is 13.8 Å². The lowest BCUT2D eigenvalue weighted by Gasteiger charge is -2.33. The van der Waals surface area contributed by atoms with E-state index in [9.17, 15) is 0 Å². The molecule has 1 aliphatic heterocycles. The molecule has 17 heavy (non-hydrogen) atoms. The van der Waals surface area contributed by atoms with Crippen LogP contribution in [0.3, 0.4) is 0 Å². The molecule has 1 aromatic heterocycles. The van der Waals surface area contributed by atoms with E-state index in [2.05, 4.69) is 31.8 Å². The molecule has 0 radical (unpaired) electrons. The first kappa shape index (κ1) is 12.0. The number of rotatable bonds is 2. The highest BCUT2D eigenvalue weighted by molar-refractivity contribution is 5.71. The normalized spacial score (nSPS) is 17.9. The summed E-state index contributed by atoms with van der Waals surface area (Å²) < 4.78 is 0. The number of nitrogens with zero attached hydrogens (tertiary/aromatic N) is 5. The Balaban J connectivity index is 2.28. The van der Waals surface area contributed by atoms with Crippen LogP contribution in [0, 0.1) is 6.92 Å². The summed E-state index contributed by atoms with van der Waals surface area (Å²) in [5.74, 6) is 0.962. The minimum atomic E-state index is 0.902. The van der Waals surface area contributed by atoms with E-state index in [0.29, 0.717) is 0 Å². The van der Waals surface area contributed by atoms with Crippen molar-refractivity contribution in [3.8, 4) is 0 Å². The molecule has 0 aromatic carbocycles. The predicted octanol–water partition coefficient (Wildman–Crippen LogP) is 1.26. The van der Waals surface area contributed by atoms with Crippen LogP contribution in [0.25, 0.3) is 0 Å². The van der Waals surface area contributed by atoms with Crippen LogP contribution in [0.5, 0.6) is 0 Å². The number of likely N-dealkylation sites (N-methyl/N-ethyl adjacent to an activating group) is 1. The molecule has 0 unspecified atom stereocenters. The average Bonchev–Trinajstić information content (AvgIpc) is 2.33. The summed E-state index contributed by atoms with van der Waals surface area (Å²) in [4.78, 5) is 17.6. The van der Waals surface area contributed by atoms with Crippen LogP contribution < -0.4 is 4.90 Å². The SMILES string of the molecule is CC=Nc1c(C)ncnc1N1CCN(C)CC1. The van der Waals surface area contributed by atoms with Crippen molar-refractivity contribution >= 4 is 17.7 Å². The first-order valence-corrected chi connectivity index (χ1v) is 5.96. The average molecular weight is 233 g/mol. The number of piperazine rings is 1. The van der Waals surface area contributed by atoms with Crippen molar-refractivity contribution in [1.82, 2.24) is 14.9 Å². The number of anilines is 1. The van der Waals surface area contributed by atoms with Crippen LogP contribution in [-0.2, 0) is 0 Å². The topological polar surface area (TPSA) is 44.6 Å². The Morgan fingerprint density at radius 1 is 1.24 bits per heavy atom. The van der Waals surface area contributed by atoms with Crippen molar-refractivity contribution in [2.24, 2.45) is 4.99 Å². The molecule has 0 saturated carbocycles. The molecular formula is C12H19N5. The quantitative estimate of drug-likeness (QED) is 0.721. The predicted molar refractivity (Wildman–Crippen MR) is 70.3 cm³/mol. The monoisotopic (exact) mass is 233 g/mol. The lowest BCUT2D eigenvalue weighted by Crippen LogP contribution is -2.44. The van der Waals surface area contributed by atoms with Gasteiger partial charge in [0, 0.05) is 32.4 Å². The zero-order chi connectivity index (χ0) is 12.3. The number of hydrogen-bond acceptors (Lipinski definition) is 5. The van der Waals surface area contributed by atoms with Crippen LogP contribution in [0.15, 0.2) is 11.3 Å². The molecule has 5 nitrogen and oxygen atoms in total. The summed E-state index contributed by atoms with van der Waals surface area (Å²) in [7, 11) is 2.15. The van der Waals surface area contributed by atoms with Gasteiger partial charge >= 0.3 is 0 Å². The minimum absolute atomic E-state index is 0.902. The number of aliphatic imine (C=N–C) groups is 1. The van der Waals surface area contributed by atoms with Crippen LogP contribution >= 0.6 is 0 Å². The molecule has 0 atom stereocenters. The summed E-state index contributed by atoms with van der Waals surface area (Å²) in [5.41, 5.74) is 1.84. The second-order valence-corrected chi connectivity index (χ2v) is 4.31. The molecular weight excluding hydrogens is 214 g/mol. The second-order valence-electron chi connectivity index (χ2n) is 4.31. The molecule has 1 aliphatic rings. The maximum absolute atomic E-state index is 4.40. The third-order valence-corrected chi connectivity index (χ3v) is 3.05. The Morgan fingerprint density at radius 3 is 2.59 bits per heavy atom. The van der Waals surface area contributed by atoms with E-state index in [1.165, 1.54) is 0 Å². The standard InChI is InChI=1S/C12H19N5/c1-4-13-11-10(2)14-9-15-12(11)17-7-5-16(3)6-8-17/h4,9H,5-8H2,1-3H3. The molecule has 92 valence electrons. The fourth-order valence-corrected chi connectivity index (χ4v) is 1.98. The van der Waals surface area contributed by atoms with E-state index in [4.69, 9.17) is 0 Å². The highest BCUT2D eigenvalue weighted by atomic mass is 15.3.